The fraction of sp³-hybridized carbons (Fsp3) is 0.500. The molecule has 1 aromatic heterocycles. The average molecular weight is 256 g/mol. The number of halogens is 1. The van der Waals surface area contributed by atoms with Gasteiger partial charge in [-0.15, -0.1) is 0 Å². The summed E-state index contributed by atoms with van der Waals surface area (Å²) in [6, 6.07) is 3.06. The predicted octanol–water partition coefficient (Wildman–Crippen LogP) is 2.48. The Morgan fingerprint density at radius 1 is 1.47 bits per heavy atom. The van der Waals surface area contributed by atoms with E-state index in [1.165, 1.54) is 12.1 Å². The summed E-state index contributed by atoms with van der Waals surface area (Å²) >= 11 is 5.75. The standard InChI is InChI=1S/C12H18ClN3O/c1-7(12(2,3)4)15-11(17)8-5-9(13)16-10(14)6-8/h5-7H,1-4H3,(H2,14,16)(H,15,17)/t7-/m0/s1. The van der Waals surface area contributed by atoms with Gasteiger partial charge in [0.1, 0.15) is 11.0 Å². The van der Waals surface area contributed by atoms with Gasteiger partial charge in [-0.2, -0.15) is 0 Å². The minimum absolute atomic E-state index is 0.00195. The number of amides is 1. The van der Waals surface area contributed by atoms with E-state index in [-0.39, 0.29) is 28.3 Å². The third-order valence-electron chi connectivity index (χ3n) is 2.72. The molecule has 1 rings (SSSR count). The Morgan fingerprint density at radius 3 is 2.53 bits per heavy atom. The van der Waals surface area contributed by atoms with Crippen LogP contribution in [-0.4, -0.2) is 16.9 Å². The molecule has 1 amide bonds. The second-order valence-corrected chi connectivity index (χ2v) is 5.55. The fourth-order valence-corrected chi connectivity index (χ4v) is 1.36. The van der Waals surface area contributed by atoms with Gasteiger partial charge in [0.15, 0.2) is 0 Å². The highest BCUT2D eigenvalue weighted by Crippen LogP contribution is 2.19. The largest absolute Gasteiger partial charge is 0.384 e. The van der Waals surface area contributed by atoms with E-state index in [0.717, 1.165) is 0 Å². The average Bonchev–Trinajstić information content (AvgIpc) is 2.14. The molecule has 0 spiro atoms. The molecular weight excluding hydrogens is 238 g/mol. The summed E-state index contributed by atoms with van der Waals surface area (Å²) in [7, 11) is 0. The summed E-state index contributed by atoms with van der Waals surface area (Å²) < 4.78 is 0. The molecule has 0 aliphatic rings. The van der Waals surface area contributed by atoms with Crippen LogP contribution in [0.25, 0.3) is 0 Å². The van der Waals surface area contributed by atoms with Crippen molar-refractivity contribution in [2.24, 2.45) is 5.41 Å². The van der Waals surface area contributed by atoms with Gasteiger partial charge in [-0.1, -0.05) is 32.4 Å². The number of nitrogens with two attached hydrogens (primary N) is 1. The number of anilines is 1. The zero-order valence-corrected chi connectivity index (χ0v) is 11.3. The summed E-state index contributed by atoms with van der Waals surface area (Å²) in [5.74, 6) is 0.0505. The van der Waals surface area contributed by atoms with Crippen LogP contribution in [0.2, 0.25) is 5.15 Å². The lowest BCUT2D eigenvalue weighted by Gasteiger charge is -2.28. The first kappa shape index (κ1) is 13.8. The van der Waals surface area contributed by atoms with Crippen molar-refractivity contribution < 1.29 is 4.79 Å². The van der Waals surface area contributed by atoms with Gasteiger partial charge in [0.05, 0.1) is 0 Å². The van der Waals surface area contributed by atoms with Gasteiger partial charge in [0.2, 0.25) is 0 Å². The summed E-state index contributed by atoms with van der Waals surface area (Å²) in [6.45, 7) is 8.15. The van der Waals surface area contributed by atoms with Crippen molar-refractivity contribution >= 4 is 23.3 Å². The molecule has 17 heavy (non-hydrogen) atoms. The third kappa shape index (κ3) is 3.89. The molecule has 0 unspecified atom stereocenters. The summed E-state index contributed by atoms with van der Waals surface area (Å²) in [6.07, 6.45) is 0. The van der Waals surface area contributed by atoms with Gasteiger partial charge in [-0.05, 0) is 24.5 Å². The van der Waals surface area contributed by atoms with Crippen LogP contribution in [0.15, 0.2) is 12.1 Å². The van der Waals surface area contributed by atoms with Crippen molar-refractivity contribution in [1.82, 2.24) is 10.3 Å². The Labute approximate surface area is 107 Å². The number of nitrogen functional groups attached to an aromatic ring is 1. The Morgan fingerprint density at radius 2 is 2.06 bits per heavy atom. The molecule has 0 radical (unpaired) electrons. The van der Waals surface area contributed by atoms with Crippen molar-refractivity contribution in [1.29, 1.82) is 0 Å². The van der Waals surface area contributed by atoms with E-state index in [2.05, 4.69) is 31.1 Å². The molecule has 0 fully saturated rings. The lowest BCUT2D eigenvalue weighted by atomic mass is 9.88. The van der Waals surface area contributed by atoms with Crippen LogP contribution in [0.3, 0.4) is 0 Å². The minimum Gasteiger partial charge on any atom is -0.384 e. The number of nitrogens with one attached hydrogen (secondary N) is 1. The van der Waals surface area contributed by atoms with Crippen LogP contribution >= 0.6 is 11.6 Å². The highest BCUT2D eigenvalue weighted by Gasteiger charge is 2.22. The molecule has 1 aromatic rings. The smallest absolute Gasteiger partial charge is 0.251 e. The number of carbonyl (C=O) groups is 1. The molecule has 1 heterocycles. The fourth-order valence-electron chi connectivity index (χ4n) is 1.14. The zero-order valence-electron chi connectivity index (χ0n) is 10.5. The molecule has 1 atom stereocenters. The Hall–Kier alpha value is -1.29. The number of hydrogen-bond donors (Lipinski definition) is 2. The molecule has 94 valence electrons. The highest BCUT2D eigenvalue weighted by molar-refractivity contribution is 6.29. The topological polar surface area (TPSA) is 68.0 Å². The molecule has 0 aliphatic carbocycles. The van der Waals surface area contributed by atoms with Gasteiger partial charge in [-0.25, -0.2) is 4.98 Å². The van der Waals surface area contributed by atoms with Gasteiger partial charge < -0.3 is 11.1 Å². The third-order valence-corrected chi connectivity index (χ3v) is 2.92. The van der Waals surface area contributed by atoms with Crippen molar-refractivity contribution in [3.05, 3.63) is 22.8 Å². The van der Waals surface area contributed by atoms with Crippen LogP contribution in [0, 0.1) is 5.41 Å². The summed E-state index contributed by atoms with van der Waals surface area (Å²) in [5.41, 5.74) is 5.97. The maximum atomic E-state index is 12.0. The first-order chi connectivity index (χ1) is 7.70. The lowest BCUT2D eigenvalue weighted by Crippen LogP contribution is -2.41. The maximum Gasteiger partial charge on any atom is 0.251 e. The Balaban J connectivity index is 2.84. The molecule has 0 aliphatic heterocycles. The van der Waals surface area contributed by atoms with Gasteiger partial charge in [-0.3, -0.25) is 4.79 Å². The van der Waals surface area contributed by atoms with E-state index in [0.29, 0.717) is 5.56 Å². The van der Waals surface area contributed by atoms with Crippen LogP contribution < -0.4 is 11.1 Å². The van der Waals surface area contributed by atoms with E-state index in [9.17, 15) is 4.79 Å². The van der Waals surface area contributed by atoms with Gasteiger partial charge >= 0.3 is 0 Å². The van der Waals surface area contributed by atoms with Crippen LogP contribution in [0.1, 0.15) is 38.1 Å². The normalized spacial score (nSPS) is 13.2. The molecular formula is C12H18ClN3O. The van der Waals surface area contributed by atoms with E-state index in [1.54, 1.807) is 0 Å². The zero-order chi connectivity index (χ0) is 13.2. The molecule has 5 heteroatoms. The monoisotopic (exact) mass is 255 g/mol. The van der Waals surface area contributed by atoms with Crippen molar-refractivity contribution in [3.63, 3.8) is 0 Å². The number of nitrogens with zero attached hydrogens (tertiary/aromatic N) is 1. The van der Waals surface area contributed by atoms with E-state index >= 15 is 0 Å². The van der Waals surface area contributed by atoms with Gasteiger partial charge in [0, 0.05) is 11.6 Å². The van der Waals surface area contributed by atoms with Crippen molar-refractivity contribution in [3.8, 4) is 0 Å². The van der Waals surface area contributed by atoms with Gasteiger partial charge in [0.25, 0.3) is 5.91 Å². The SMILES string of the molecule is C[C@H](NC(=O)c1cc(N)nc(Cl)c1)C(C)(C)C. The highest BCUT2D eigenvalue weighted by atomic mass is 35.5. The number of aromatic nitrogens is 1. The van der Waals surface area contributed by atoms with Crippen LogP contribution in [-0.2, 0) is 0 Å². The summed E-state index contributed by atoms with van der Waals surface area (Å²) in [4.78, 5) is 15.8. The first-order valence-corrected chi connectivity index (χ1v) is 5.82. The number of rotatable bonds is 2. The quantitative estimate of drug-likeness (QED) is 0.798. The Bertz CT molecular complexity index is 406. The molecule has 4 nitrogen and oxygen atoms in total. The molecule has 0 bridgehead atoms. The number of pyridine rings is 1. The first-order valence-electron chi connectivity index (χ1n) is 5.44. The molecule has 0 aromatic carbocycles. The predicted molar refractivity (Wildman–Crippen MR) is 70.0 cm³/mol. The number of carbonyl (C=O) groups excluding carboxylic acids is 1. The molecule has 0 saturated heterocycles. The van der Waals surface area contributed by atoms with Crippen molar-refractivity contribution in [2.75, 3.05) is 5.73 Å². The Kier molecular flexibility index (Phi) is 3.98. The lowest BCUT2D eigenvalue weighted by molar-refractivity contribution is 0.0910. The second-order valence-electron chi connectivity index (χ2n) is 5.16. The van der Waals surface area contributed by atoms with E-state index < -0.39 is 0 Å². The summed E-state index contributed by atoms with van der Waals surface area (Å²) in [5, 5.41) is 3.13. The minimum atomic E-state index is -0.191. The van der Waals surface area contributed by atoms with Crippen molar-refractivity contribution in [2.45, 2.75) is 33.7 Å². The second kappa shape index (κ2) is 4.92. The molecule has 3 N–H and O–H groups in total. The molecule has 0 saturated carbocycles. The van der Waals surface area contributed by atoms with Crippen LogP contribution in [0.5, 0.6) is 0 Å². The van der Waals surface area contributed by atoms with E-state index in [1.807, 2.05) is 6.92 Å². The van der Waals surface area contributed by atoms with Crippen LogP contribution in [0.4, 0.5) is 5.82 Å². The maximum absolute atomic E-state index is 12.0. The van der Waals surface area contributed by atoms with E-state index in [4.69, 9.17) is 17.3 Å². The number of hydrogen-bond acceptors (Lipinski definition) is 3.